The summed E-state index contributed by atoms with van der Waals surface area (Å²) in [5, 5.41) is 10.3. The number of hydrogen-bond donors (Lipinski definition) is 2. The summed E-state index contributed by atoms with van der Waals surface area (Å²) in [5.74, 6) is 1.12. The number of halogens is 1. The van der Waals surface area contributed by atoms with Gasteiger partial charge in [0, 0.05) is 25.1 Å². The molecule has 6 nitrogen and oxygen atoms in total. The molecule has 3 rings (SSSR count). The molecule has 0 saturated carbocycles. The lowest BCUT2D eigenvalue weighted by atomic mass is 9.93. The maximum absolute atomic E-state index is 11.3. The van der Waals surface area contributed by atoms with Gasteiger partial charge in [-0.3, -0.25) is 4.79 Å². The van der Waals surface area contributed by atoms with Crippen LogP contribution in [0.5, 0.6) is 0 Å². The Morgan fingerprint density at radius 1 is 1.36 bits per heavy atom. The first-order chi connectivity index (χ1) is 10.2. The van der Waals surface area contributed by atoms with Crippen LogP contribution in [0.3, 0.4) is 0 Å². The summed E-state index contributed by atoms with van der Waals surface area (Å²) < 4.78 is 5.42. The van der Waals surface area contributed by atoms with Crippen molar-refractivity contribution in [1.82, 2.24) is 20.8 Å². The molecule has 1 fully saturated rings. The number of amides is 1. The SMILES string of the molecule is CC(=O)NC1CCNCC1c1nc(-c2ccccc2)no1.Cl. The summed E-state index contributed by atoms with van der Waals surface area (Å²) in [6.07, 6.45) is 0.854. The van der Waals surface area contributed by atoms with E-state index in [2.05, 4.69) is 20.8 Å². The molecule has 1 amide bonds. The van der Waals surface area contributed by atoms with Gasteiger partial charge in [-0.1, -0.05) is 35.5 Å². The van der Waals surface area contributed by atoms with Gasteiger partial charge in [-0.25, -0.2) is 0 Å². The van der Waals surface area contributed by atoms with Crippen LogP contribution in [-0.4, -0.2) is 35.2 Å². The van der Waals surface area contributed by atoms with E-state index in [-0.39, 0.29) is 30.3 Å². The second kappa shape index (κ2) is 7.38. The van der Waals surface area contributed by atoms with Gasteiger partial charge >= 0.3 is 0 Å². The fourth-order valence-corrected chi connectivity index (χ4v) is 2.64. The summed E-state index contributed by atoms with van der Waals surface area (Å²) in [6, 6.07) is 9.75. The number of nitrogens with one attached hydrogen (secondary N) is 2. The predicted octanol–water partition coefficient (Wildman–Crippen LogP) is 1.74. The number of aromatic nitrogens is 2. The molecule has 1 aromatic carbocycles. The first-order valence-corrected chi connectivity index (χ1v) is 7.11. The Kier molecular flexibility index (Phi) is 5.51. The fourth-order valence-electron chi connectivity index (χ4n) is 2.64. The highest BCUT2D eigenvalue weighted by molar-refractivity contribution is 5.85. The third-order valence-corrected chi connectivity index (χ3v) is 3.66. The van der Waals surface area contributed by atoms with Crippen molar-refractivity contribution in [3.8, 4) is 11.4 Å². The van der Waals surface area contributed by atoms with Crippen molar-refractivity contribution in [2.75, 3.05) is 13.1 Å². The quantitative estimate of drug-likeness (QED) is 0.899. The zero-order valence-electron chi connectivity index (χ0n) is 12.3. The zero-order chi connectivity index (χ0) is 14.7. The first-order valence-electron chi connectivity index (χ1n) is 7.11. The van der Waals surface area contributed by atoms with Crippen LogP contribution in [0.25, 0.3) is 11.4 Å². The zero-order valence-corrected chi connectivity index (χ0v) is 13.1. The van der Waals surface area contributed by atoms with Crippen LogP contribution >= 0.6 is 12.4 Å². The van der Waals surface area contributed by atoms with Gasteiger partial charge in [-0.2, -0.15) is 4.98 Å². The minimum absolute atomic E-state index is 0. The Labute approximate surface area is 135 Å². The van der Waals surface area contributed by atoms with Crippen LogP contribution in [0.2, 0.25) is 0 Å². The average molecular weight is 323 g/mol. The lowest BCUT2D eigenvalue weighted by molar-refractivity contribution is -0.120. The third-order valence-electron chi connectivity index (χ3n) is 3.66. The molecule has 1 aliphatic heterocycles. The maximum atomic E-state index is 11.3. The normalized spacial score (nSPS) is 21.0. The molecule has 1 aromatic heterocycles. The largest absolute Gasteiger partial charge is 0.353 e. The van der Waals surface area contributed by atoms with Crippen molar-refractivity contribution in [2.24, 2.45) is 0 Å². The molecule has 7 heteroatoms. The van der Waals surface area contributed by atoms with E-state index in [1.165, 1.54) is 6.92 Å². The molecule has 22 heavy (non-hydrogen) atoms. The summed E-state index contributed by atoms with van der Waals surface area (Å²) in [6.45, 7) is 3.13. The van der Waals surface area contributed by atoms with Crippen LogP contribution in [0.1, 0.15) is 25.2 Å². The predicted molar refractivity (Wildman–Crippen MR) is 84.8 cm³/mol. The topological polar surface area (TPSA) is 80.0 Å². The Hall–Kier alpha value is -1.92. The van der Waals surface area contributed by atoms with Gasteiger partial charge in [0.15, 0.2) is 0 Å². The van der Waals surface area contributed by atoms with Gasteiger partial charge in [0.05, 0.1) is 5.92 Å². The molecule has 1 aliphatic rings. The number of carbonyl (C=O) groups excluding carboxylic acids is 1. The molecule has 2 N–H and O–H groups in total. The Morgan fingerprint density at radius 2 is 2.14 bits per heavy atom. The summed E-state index contributed by atoms with van der Waals surface area (Å²) in [5.41, 5.74) is 0.923. The van der Waals surface area contributed by atoms with Crippen LogP contribution < -0.4 is 10.6 Å². The maximum Gasteiger partial charge on any atom is 0.233 e. The molecule has 2 aromatic rings. The number of benzene rings is 1. The number of hydrogen-bond acceptors (Lipinski definition) is 5. The molecule has 118 valence electrons. The van der Waals surface area contributed by atoms with Gasteiger partial charge in [-0.15, -0.1) is 12.4 Å². The average Bonchev–Trinajstić information content (AvgIpc) is 2.98. The van der Waals surface area contributed by atoms with E-state index >= 15 is 0 Å². The molecule has 2 unspecified atom stereocenters. The van der Waals surface area contributed by atoms with E-state index < -0.39 is 0 Å². The highest BCUT2D eigenvalue weighted by atomic mass is 35.5. The lowest BCUT2D eigenvalue weighted by Gasteiger charge is -2.29. The van der Waals surface area contributed by atoms with Gasteiger partial charge in [-0.05, 0) is 13.0 Å². The van der Waals surface area contributed by atoms with Crippen molar-refractivity contribution in [2.45, 2.75) is 25.3 Å². The van der Waals surface area contributed by atoms with E-state index in [1.807, 2.05) is 30.3 Å². The number of rotatable bonds is 3. The summed E-state index contributed by atoms with van der Waals surface area (Å²) in [4.78, 5) is 15.8. The molecule has 0 bridgehead atoms. The van der Waals surface area contributed by atoms with E-state index in [1.54, 1.807) is 0 Å². The minimum Gasteiger partial charge on any atom is -0.353 e. The molecule has 2 atom stereocenters. The monoisotopic (exact) mass is 322 g/mol. The van der Waals surface area contributed by atoms with Gasteiger partial charge < -0.3 is 15.2 Å². The Morgan fingerprint density at radius 3 is 2.86 bits per heavy atom. The van der Waals surface area contributed by atoms with E-state index in [0.29, 0.717) is 11.7 Å². The van der Waals surface area contributed by atoms with Crippen LogP contribution in [-0.2, 0) is 4.79 Å². The lowest BCUT2D eigenvalue weighted by Crippen LogP contribution is -2.47. The summed E-state index contributed by atoms with van der Waals surface area (Å²) >= 11 is 0. The summed E-state index contributed by atoms with van der Waals surface area (Å²) in [7, 11) is 0. The van der Waals surface area contributed by atoms with Gasteiger partial charge in [0.1, 0.15) is 0 Å². The number of piperidine rings is 1. The molecular weight excluding hydrogens is 304 g/mol. The van der Waals surface area contributed by atoms with Gasteiger partial charge in [0.2, 0.25) is 17.6 Å². The molecular formula is C15H19ClN4O2. The second-order valence-electron chi connectivity index (χ2n) is 5.23. The van der Waals surface area contributed by atoms with Crippen LogP contribution in [0.15, 0.2) is 34.9 Å². The number of nitrogens with zero attached hydrogens (tertiary/aromatic N) is 2. The van der Waals surface area contributed by atoms with Crippen molar-refractivity contribution >= 4 is 18.3 Å². The molecule has 1 saturated heterocycles. The van der Waals surface area contributed by atoms with Crippen molar-refractivity contribution < 1.29 is 9.32 Å². The molecule has 0 aliphatic carbocycles. The molecule has 0 radical (unpaired) electrons. The molecule has 0 spiro atoms. The highest BCUT2D eigenvalue weighted by Crippen LogP contribution is 2.25. The highest BCUT2D eigenvalue weighted by Gasteiger charge is 2.31. The first kappa shape index (κ1) is 16.5. The Balaban J connectivity index is 0.00000176. The number of carbonyl (C=O) groups is 1. The smallest absolute Gasteiger partial charge is 0.233 e. The third kappa shape index (κ3) is 3.64. The molecule has 2 heterocycles. The Bertz CT molecular complexity index is 617. The van der Waals surface area contributed by atoms with Crippen molar-refractivity contribution in [3.63, 3.8) is 0 Å². The van der Waals surface area contributed by atoms with Crippen molar-refractivity contribution in [1.29, 1.82) is 0 Å². The van der Waals surface area contributed by atoms with Crippen LogP contribution in [0, 0.1) is 0 Å². The van der Waals surface area contributed by atoms with Crippen molar-refractivity contribution in [3.05, 3.63) is 36.2 Å². The standard InChI is InChI=1S/C15H18N4O2.ClH/c1-10(20)17-13-7-8-16-9-12(13)15-18-14(19-21-15)11-5-3-2-4-6-11;/h2-6,12-13,16H,7-9H2,1H3,(H,17,20);1H. The van der Waals surface area contributed by atoms with Gasteiger partial charge in [0.25, 0.3) is 0 Å². The fraction of sp³-hybridized carbons (Fsp3) is 0.400. The minimum atomic E-state index is -0.0327. The van der Waals surface area contributed by atoms with E-state index in [0.717, 1.165) is 25.1 Å². The van der Waals surface area contributed by atoms with E-state index in [9.17, 15) is 4.79 Å². The van der Waals surface area contributed by atoms with Crippen LogP contribution in [0.4, 0.5) is 0 Å². The second-order valence-corrected chi connectivity index (χ2v) is 5.23. The van der Waals surface area contributed by atoms with E-state index in [4.69, 9.17) is 4.52 Å².